The second-order valence-corrected chi connectivity index (χ2v) is 3.94. The van der Waals surface area contributed by atoms with E-state index in [1.165, 1.54) is 0 Å². The van der Waals surface area contributed by atoms with Gasteiger partial charge in [-0.25, -0.2) is 0 Å². The zero-order chi connectivity index (χ0) is 10.8. The van der Waals surface area contributed by atoms with Crippen molar-refractivity contribution in [3.63, 3.8) is 0 Å². The van der Waals surface area contributed by atoms with E-state index in [1.54, 1.807) is 11.2 Å². The van der Waals surface area contributed by atoms with Crippen molar-refractivity contribution in [2.24, 2.45) is 18.7 Å². The Hall–Kier alpha value is -1.43. The molecule has 1 aliphatic heterocycles. The van der Waals surface area contributed by atoms with E-state index in [9.17, 15) is 4.79 Å². The number of aryl methyl sites for hydroxylation is 1. The topological polar surface area (TPSA) is 77.0 Å². The van der Waals surface area contributed by atoms with Gasteiger partial charge in [0.1, 0.15) is 6.33 Å². The summed E-state index contributed by atoms with van der Waals surface area (Å²) >= 11 is 0. The molecule has 0 radical (unpaired) electrons. The molecule has 1 fully saturated rings. The largest absolute Gasteiger partial charge is 0.335 e. The molecular formula is C9H15N5O. The summed E-state index contributed by atoms with van der Waals surface area (Å²) in [5.41, 5.74) is 5.55. The molecular weight excluding hydrogens is 194 g/mol. The lowest BCUT2D eigenvalue weighted by Crippen LogP contribution is -2.27. The van der Waals surface area contributed by atoms with Crippen LogP contribution in [0.25, 0.3) is 0 Å². The first-order chi connectivity index (χ1) is 7.20. The van der Waals surface area contributed by atoms with Crippen molar-refractivity contribution in [1.82, 2.24) is 19.7 Å². The molecule has 2 N–H and O–H groups in total. The SMILES string of the molecule is Cn1cnnc1CN1CC(CN)CC1=O. The van der Waals surface area contributed by atoms with E-state index in [4.69, 9.17) is 5.73 Å². The molecule has 0 spiro atoms. The van der Waals surface area contributed by atoms with Crippen LogP contribution < -0.4 is 5.73 Å². The van der Waals surface area contributed by atoms with E-state index in [0.717, 1.165) is 12.4 Å². The predicted octanol–water partition coefficient (Wildman–Crippen LogP) is -0.878. The summed E-state index contributed by atoms with van der Waals surface area (Å²) in [5.74, 6) is 1.26. The highest BCUT2D eigenvalue weighted by Gasteiger charge is 2.29. The van der Waals surface area contributed by atoms with Gasteiger partial charge in [0.05, 0.1) is 6.54 Å². The van der Waals surface area contributed by atoms with Gasteiger partial charge in [-0.1, -0.05) is 0 Å². The average Bonchev–Trinajstić information content (AvgIpc) is 2.76. The number of likely N-dealkylation sites (tertiary alicyclic amines) is 1. The van der Waals surface area contributed by atoms with Crippen LogP contribution in [-0.2, 0) is 18.4 Å². The number of carbonyl (C=O) groups excluding carboxylic acids is 1. The summed E-state index contributed by atoms with van der Waals surface area (Å²) in [5, 5.41) is 7.73. The lowest BCUT2D eigenvalue weighted by molar-refractivity contribution is -0.128. The van der Waals surface area contributed by atoms with Gasteiger partial charge in [-0.3, -0.25) is 4.79 Å². The van der Waals surface area contributed by atoms with Gasteiger partial charge in [0.25, 0.3) is 0 Å². The lowest BCUT2D eigenvalue weighted by Gasteiger charge is -2.15. The first kappa shape index (κ1) is 10.1. The molecule has 1 aromatic heterocycles. The van der Waals surface area contributed by atoms with Crippen molar-refractivity contribution in [3.05, 3.63) is 12.2 Å². The van der Waals surface area contributed by atoms with Crippen molar-refractivity contribution in [3.8, 4) is 0 Å². The summed E-state index contributed by atoms with van der Waals surface area (Å²) in [6.07, 6.45) is 2.20. The Morgan fingerprint density at radius 1 is 1.67 bits per heavy atom. The summed E-state index contributed by atoms with van der Waals surface area (Å²) < 4.78 is 1.82. The molecule has 0 bridgehead atoms. The van der Waals surface area contributed by atoms with Crippen molar-refractivity contribution in [1.29, 1.82) is 0 Å². The highest BCUT2D eigenvalue weighted by Crippen LogP contribution is 2.18. The molecule has 0 aliphatic carbocycles. The van der Waals surface area contributed by atoms with E-state index in [1.807, 2.05) is 11.6 Å². The van der Waals surface area contributed by atoms with Crippen LogP contribution in [0.5, 0.6) is 0 Å². The van der Waals surface area contributed by atoms with Crippen LogP contribution in [0.2, 0.25) is 0 Å². The maximum absolute atomic E-state index is 11.6. The molecule has 2 rings (SSSR count). The minimum atomic E-state index is 0.161. The van der Waals surface area contributed by atoms with Gasteiger partial charge < -0.3 is 15.2 Å². The summed E-state index contributed by atoms with van der Waals surface area (Å²) in [4.78, 5) is 13.4. The van der Waals surface area contributed by atoms with E-state index >= 15 is 0 Å². The summed E-state index contributed by atoms with van der Waals surface area (Å²) in [6.45, 7) is 1.84. The Bertz CT molecular complexity index is 361. The summed E-state index contributed by atoms with van der Waals surface area (Å²) in [7, 11) is 1.87. The Labute approximate surface area is 88.1 Å². The van der Waals surface area contributed by atoms with Crippen LogP contribution in [0.15, 0.2) is 6.33 Å². The van der Waals surface area contributed by atoms with Gasteiger partial charge >= 0.3 is 0 Å². The van der Waals surface area contributed by atoms with E-state index in [-0.39, 0.29) is 5.91 Å². The molecule has 2 heterocycles. The fourth-order valence-electron chi connectivity index (χ4n) is 1.79. The smallest absolute Gasteiger partial charge is 0.223 e. The van der Waals surface area contributed by atoms with Gasteiger partial charge in [0.15, 0.2) is 5.82 Å². The van der Waals surface area contributed by atoms with Crippen LogP contribution in [0, 0.1) is 5.92 Å². The molecule has 0 saturated carbocycles. The number of aromatic nitrogens is 3. The maximum Gasteiger partial charge on any atom is 0.223 e. The van der Waals surface area contributed by atoms with Crippen LogP contribution >= 0.6 is 0 Å². The van der Waals surface area contributed by atoms with Crippen molar-refractivity contribution >= 4 is 5.91 Å². The highest BCUT2D eigenvalue weighted by atomic mass is 16.2. The number of nitrogens with zero attached hydrogens (tertiary/aromatic N) is 4. The van der Waals surface area contributed by atoms with Gasteiger partial charge in [-0.05, 0) is 12.5 Å². The van der Waals surface area contributed by atoms with Crippen LogP contribution in [-0.4, -0.2) is 38.7 Å². The summed E-state index contributed by atoms with van der Waals surface area (Å²) in [6, 6.07) is 0. The number of nitrogens with two attached hydrogens (primary N) is 1. The molecule has 1 amide bonds. The third kappa shape index (κ3) is 1.99. The molecule has 6 heteroatoms. The Kier molecular flexibility index (Phi) is 2.68. The van der Waals surface area contributed by atoms with Gasteiger partial charge in [-0.2, -0.15) is 0 Å². The standard InChI is InChI=1S/C9H15N5O/c1-13-6-11-12-8(13)5-14-4-7(3-10)2-9(14)15/h6-7H,2-5,10H2,1H3. The molecule has 1 atom stereocenters. The second kappa shape index (κ2) is 3.98. The predicted molar refractivity (Wildman–Crippen MR) is 53.6 cm³/mol. The average molecular weight is 209 g/mol. The van der Waals surface area contributed by atoms with Crippen molar-refractivity contribution in [2.75, 3.05) is 13.1 Å². The van der Waals surface area contributed by atoms with Crippen LogP contribution in [0.1, 0.15) is 12.2 Å². The lowest BCUT2D eigenvalue weighted by atomic mass is 10.1. The number of hydrogen-bond donors (Lipinski definition) is 1. The molecule has 15 heavy (non-hydrogen) atoms. The zero-order valence-corrected chi connectivity index (χ0v) is 8.76. The minimum Gasteiger partial charge on any atom is -0.335 e. The Morgan fingerprint density at radius 3 is 3.00 bits per heavy atom. The molecule has 82 valence electrons. The van der Waals surface area contributed by atoms with Gasteiger partial charge in [-0.15, -0.1) is 10.2 Å². The molecule has 1 aliphatic rings. The van der Waals surface area contributed by atoms with E-state index in [2.05, 4.69) is 10.2 Å². The van der Waals surface area contributed by atoms with Crippen LogP contribution in [0.4, 0.5) is 0 Å². The Morgan fingerprint density at radius 2 is 2.47 bits per heavy atom. The first-order valence-corrected chi connectivity index (χ1v) is 5.01. The second-order valence-electron chi connectivity index (χ2n) is 3.94. The number of rotatable bonds is 3. The maximum atomic E-state index is 11.6. The Balaban J connectivity index is 2.01. The van der Waals surface area contributed by atoms with E-state index in [0.29, 0.717) is 25.4 Å². The monoisotopic (exact) mass is 209 g/mol. The molecule has 1 unspecified atom stereocenters. The van der Waals surface area contributed by atoms with Crippen molar-refractivity contribution in [2.45, 2.75) is 13.0 Å². The highest BCUT2D eigenvalue weighted by molar-refractivity contribution is 5.78. The normalized spacial score (nSPS) is 21.3. The first-order valence-electron chi connectivity index (χ1n) is 5.01. The number of amides is 1. The zero-order valence-electron chi connectivity index (χ0n) is 8.76. The quantitative estimate of drug-likeness (QED) is 0.701. The molecule has 1 saturated heterocycles. The third-order valence-electron chi connectivity index (χ3n) is 2.77. The molecule has 6 nitrogen and oxygen atoms in total. The van der Waals surface area contributed by atoms with E-state index < -0.39 is 0 Å². The fourth-order valence-corrected chi connectivity index (χ4v) is 1.79. The van der Waals surface area contributed by atoms with Gasteiger partial charge in [0.2, 0.25) is 5.91 Å². The van der Waals surface area contributed by atoms with Crippen molar-refractivity contribution < 1.29 is 4.79 Å². The molecule has 1 aromatic rings. The molecule has 0 aromatic carbocycles. The number of carbonyl (C=O) groups is 1. The van der Waals surface area contributed by atoms with Gasteiger partial charge in [0, 0.05) is 20.0 Å². The number of hydrogen-bond acceptors (Lipinski definition) is 4. The van der Waals surface area contributed by atoms with Crippen LogP contribution in [0.3, 0.4) is 0 Å². The third-order valence-corrected chi connectivity index (χ3v) is 2.77. The fraction of sp³-hybridized carbons (Fsp3) is 0.667. The minimum absolute atomic E-state index is 0.161.